The summed E-state index contributed by atoms with van der Waals surface area (Å²) in [5.74, 6) is 0.626. The minimum atomic E-state index is 0.529. The molecule has 0 saturated carbocycles. The van der Waals surface area contributed by atoms with Gasteiger partial charge in [-0.3, -0.25) is 0 Å². The Morgan fingerprint density at radius 1 is 1.21 bits per heavy atom. The van der Waals surface area contributed by atoms with E-state index in [4.69, 9.17) is 10.5 Å². The van der Waals surface area contributed by atoms with E-state index in [0.717, 1.165) is 11.3 Å². The Kier molecular flexibility index (Phi) is 3.58. The minimum absolute atomic E-state index is 0.529. The zero-order valence-corrected chi connectivity index (χ0v) is 10.9. The van der Waals surface area contributed by atoms with Gasteiger partial charge in [0.05, 0.1) is 18.4 Å². The van der Waals surface area contributed by atoms with Crippen LogP contribution in [-0.4, -0.2) is 7.11 Å². The van der Waals surface area contributed by atoms with Gasteiger partial charge in [0.1, 0.15) is 11.8 Å². The Hall–Kier alpha value is -2.67. The van der Waals surface area contributed by atoms with E-state index in [1.54, 1.807) is 19.2 Å². The molecule has 4 nitrogen and oxygen atoms in total. The van der Waals surface area contributed by atoms with Gasteiger partial charge in [-0.05, 0) is 36.8 Å². The van der Waals surface area contributed by atoms with E-state index in [9.17, 15) is 5.26 Å². The van der Waals surface area contributed by atoms with Crippen LogP contribution in [0.3, 0.4) is 0 Å². The second-order valence-electron chi connectivity index (χ2n) is 4.14. The molecule has 3 N–H and O–H groups in total. The van der Waals surface area contributed by atoms with Gasteiger partial charge in [0.15, 0.2) is 0 Å². The number of nitrogen functional groups attached to an aromatic ring is 1. The summed E-state index contributed by atoms with van der Waals surface area (Å²) in [6.45, 7) is 1.93. The van der Waals surface area contributed by atoms with Gasteiger partial charge in [0.25, 0.3) is 0 Å². The van der Waals surface area contributed by atoms with Gasteiger partial charge in [0.2, 0.25) is 0 Å². The third kappa shape index (κ3) is 2.45. The first-order chi connectivity index (χ1) is 9.17. The van der Waals surface area contributed by atoms with Gasteiger partial charge in [-0.2, -0.15) is 5.26 Å². The fourth-order valence-corrected chi connectivity index (χ4v) is 1.85. The van der Waals surface area contributed by atoms with Crippen molar-refractivity contribution in [2.75, 3.05) is 18.2 Å². The molecule has 4 heteroatoms. The van der Waals surface area contributed by atoms with Crippen molar-refractivity contribution in [3.63, 3.8) is 0 Å². The molecule has 0 amide bonds. The molecule has 0 radical (unpaired) electrons. The number of para-hydroxylation sites is 1. The second kappa shape index (κ2) is 5.32. The summed E-state index contributed by atoms with van der Waals surface area (Å²) < 4.78 is 5.29. The van der Waals surface area contributed by atoms with E-state index in [-0.39, 0.29) is 0 Å². The average molecular weight is 253 g/mol. The van der Waals surface area contributed by atoms with Gasteiger partial charge in [-0.1, -0.05) is 12.1 Å². The van der Waals surface area contributed by atoms with Crippen molar-refractivity contribution in [2.45, 2.75) is 6.92 Å². The van der Waals surface area contributed by atoms with Crippen LogP contribution >= 0.6 is 0 Å². The third-order valence-electron chi connectivity index (χ3n) is 3.00. The Balaban J connectivity index is 2.49. The Bertz CT molecular complexity index is 644. The van der Waals surface area contributed by atoms with Crippen molar-refractivity contribution < 1.29 is 4.74 Å². The second-order valence-corrected chi connectivity index (χ2v) is 4.14. The topological polar surface area (TPSA) is 71.1 Å². The van der Waals surface area contributed by atoms with Crippen molar-refractivity contribution in [1.29, 1.82) is 5.26 Å². The van der Waals surface area contributed by atoms with Crippen LogP contribution in [0.4, 0.5) is 17.1 Å². The molecule has 0 aliphatic rings. The number of nitrogens with zero attached hydrogens (tertiary/aromatic N) is 1. The van der Waals surface area contributed by atoms with Crippen LogP contribution in [0.1, 0.15) is 11.1 Å². The Morgan fingerprint density at radius 2 is 1.95 bits per heavy atom. The highest BCUT2D eigenvalue weighted by molar-refractivity contribution is 5.76. The van der Waals surface area contributed by atoms with E-state index < -0.39 is 0 Å². The number of nitrogens with one attached hydrogen (secondary N) is 1. The maximum atomic E-state index is 9.17. The summed E-state index contributed by atoms with van der Waals surface area (Å²) in [7, 11) is 1.58. The lowest BCUT2D eigenvalue weighted by Gasteiger charge is -2.15. The largest absolute Gasteiger partial charge is 0.495 e. The lowest BCUT2D eigenvalue weighted by atomic mass is 10.1. The van der Waals surface area contributed by atoms with E-state index in [1.165, 1.54) is 0 Å². The lowest BCUT2D eigenvalue weighted by Crippen LogP contribution is -2.00. The molecule has 0 heterocycles. The van der Waals surface area contributed by atoms with Gasteiger partial charge in [0, 0.05) is 11.4 Å². The van der Waals surface area contributed by atoms with Gasteiger partial charge < -0.3 is 15.8 Å². The lowest BCUT2D eigenvalue weighted by molar-refractivity contribution is 0.416. The summed E-state index contributed by atoms with van der Waals surface area (Å²) in [6, 6.07) is 13.1. The number of hydrogen-bond acceptors (Lipinski definition) is 4. The third-order valence-corrected chi connectivity index (χ3v) is 3.00. The minimum Gasteiger partial charge on any atom is -0.495 e. The molecule has 0 bridgehead atoms. The maximum absolute atomic E-state index is 9.17. The molecular formula is C15H15N3O. The summed E-state index contributed by atoms with van der Waals surface area (Å²) >= 11 is 0. The zero-order chi connectivity index (χ0) is 13.8. The van der Waals surface area contributed by atoms with Crippen LogP contribution < -0.4 is 15.8 Å². The van der Waals surface area contributed by atoms with E-state index in [2.05, 4.69) is 11.4 Å². The molecule has 0 unspecified atom stereocenters. The van der Waals surface area contributed by atoms with Gasteiger partial charge in [-0.25, -0.2) is 0 Å². The predicted octanol–water partition coefficient (Wildman–Crippen LogP) is 3.20. The predicted molar refractivity (Wildman–Crippen MR) is 76.6 cm³/mol. The van der Waals surface area contributed by atoms with Crippen molar-refractivity contribution >= 4 is 17.1 Å². The monoisotopic (exact) mass is 253 g/mol. The molecular weight excluding hydrogens is 238 g/mol. The molecule has 0 aromatic heterocycles. The van der Waals surface area contributed by atoms with E-state index in [1.807, 2.05) is 31.2 Å². The van der Waals surface area contributed by atoms with Crippen molar-refractivity contribution in [3.8, 4) is 11.8 Å². The summed E-state index contributed by atoms with van der Waals surface area (Å²) in [6.07, 6.45) is 0. The number of nitriles is 1. The smallest absolute Gasteiger partial charge is 0.143 e. The van der Waals surface area contributed by atoms with E-state index in [0.29, 0.717) is 22.7 Å². The van der Waals surface area contributed by atoms with Crippen LogP contribution in [0.25, 0.3) is 0 Å². The van der Waals surface area contributed by atoms with Crippen LogP contribution in [0, 0.1) is 18.3 Å². The zero-order valence-electron chi connectivity index (χ0n) is 10.9. The SMILES string of the molecule is COc1cccc(C#N)c1Nc1cccc(N)c1C. The van der Waals surface area contributed by atoms with Crippen molar-refractivity contribution in [1.82, 2.24) is 0 Å². The number of nitrogens with two attached hydrogens (primary N) is 1. The number of ether oxygens (including phenoxy) is 1. The molecule has 0 fully saturated rings. The highest BCUT2D eigenvalue weighted by Crippen LogP contribution is 2.33. The molecule has 96 valence electrons. The standard InChI is InChI=1S/C15H15N3O/c1-10-12(17)6-4-7-13(10)18-15-11(9-16)5-3-8-14(15)19-2/h3-8,18H,17H2,1-2H3. The molecule has 2 aromatic carbocycles. The first kappa shape index (κ1) is 12.8. The number of benzene rings is 2. The summed E-state index contributed by atoms with van der Waals surface area (Å²) in [4.78, 5) is 0. The van der Waals surface area contributed by atoms with Crippen LogP contribution in [0.2, 0.25) is 0 Å². The first-order valence-corrected chi connectivity index (χ1v) is 5.86. The number of hydrogen-bond donors (Lipinski definition) is 2. The van der Waals surface area contributed by atoms with Crippen LogP contribution in [-0.2, 0) is 0 Å². The summed E-state index contributed by atoms with van der Waals surface area (Å²) in [5.41, 5.74) is 9.57. The van der Waals surface area contributed by atoms with Crippen LogP contribution in [0.5, 0.6) is 5.75 Å². The number of anilines is 3. The highest BCUT2D eigenvalue weighted by Gasteiger charge is 2.10. The van der Waals surface area contributed by atoms with Gasteiger partial charge in [-0.15, -0.1) is 0 Å². The fourth-order valence-electron chi connectivity index (χ4n) is 1.85. The van der Waals surface area contributed by atoms with E-state index >= 15 is 0 Å². The molecule has 2 rings (SSSR count). The Morgan fingerprint density at radius 3 is 2.63 bits per heavy atom. The highest BCUT2D eigenvalue weighted by atomic mass is 16.5. The fraction of sp³-hybridized carbons (Fsp3) is 0.133. The molecule has 0 aliphatic carbocycles. The molecule has 0 aliphatic heterocycles. The normalized spacial score (nSPS) is 9.74. The van der Waals surface area contributed by atoms with Crippen molar-refractivity contribution in [3.05, 3.63) is 47.5 Å². The Labute approximate surface area is 112 Å². The molecule has 19 heavy (non-hydrogen) atoms. The average Bonchev–Trinajstić information content (AvgIpc) is 2.44. The van der Waals surface area contributed by atoms with Crippen LogP contribution in [0.15, 0.2) is 36.4 Å². The molecule has 0 spiro atoms. The molecule has 0 atom stereocenters. The van der Waals surface area contributed by atoms with Crippen molar-refractivity contribution in [2.24, 2.45) is 0 Å². The first-order valence-electron chi connectivity index (χ1n) is 5.86. The number of methoxy groups -OCH3 is 1. The quantitative estimate of drug-likeness (QED) is 0.824. The summed E-state index contributed by atoms with van der Waals surface area (Å²) in [5, 5.41) is 12.4. The van der Waals surface area contributed by atoms with Gasteiger partial charge >= 0.3 is 0 Å². The molecule has 0 saturated heterocycles. The maximum Gasteiger partial charge on any atom is 0.143 e. The number of rotatable bonds is 3. The molecule has 2 aromatic rings.